The molecule has 4 heteroatoms. The Bertz CT molecular complexity index is 396. The van der Waals surface area contributed by atoms with E-state index in [0.29, 0.717) is 5.56 Å². The van der Waals surface area contributed by atoms with Crippen molar-refractivity contribution in [1.29, 1.82) is 0 Å². The second kappa shape index (κ2) is 7.12. The van der Waals surface area contributed by atoms with Crippen LogP contribution in [0.3, 0.4) is 0 Å². The predicted octanol–water partition coefficient (Wildman–Crippen LogP) is 2.82. The van der Waals surface area contributed by atoms with Crippen LogP contribution in [0, 0.1) is 5.92 Å². The van der Waals surface area contributed by atoms with Gasteiger partial charge in [0, 0.05) is 19.8 Å². The van der Waals surface area contributed by atoms with Gasteiger partial charge < -0.3 is 10.6 Å². The Morgan fingerprint density at radius 1 is 1.37 bits per heavy atom. The van der Waals surface area contributed by atoms with Crippen molar-refractivity contribution in [1.82, 2.24) is 10.3 Å². The number of nitrogens with zero attached hydrogens (tertiary/aromatic N) is 1. The standard InChI is InChI=1S/C15H23N3O/c1-16-14-9-8-13(11-18-14)15(19)17-10-4-7-12-5-2-3-6-12/h8-9,11-12H,2-7,10H2,1H3,(H,16,18)(H,17,19). The average molecular weight is 261 g/mol. The number of carbonyl (C=O) groups excluding carboxylic acids is 1. The van der Waals surface area contributed by atoms with E-state index in [0.717, 1.165) is 24.7 Å². The number of carbonyl (C=O) groups is 1. The maximum absolute atomic E-state index is 11.9. The van der Waals surface area contributed by atoms with Gasteiger partial charge in [-0.05, 0) is 30.9 Å². The number of pyridine rings is 1. The molecule has 0 bridgehead atoms. The van der Waals surface area contributed by atoms with Gasteiger partial charge in [-0.15, -0.1) is 0 Å². The number of anilines is 1. The maximum Gasteiger partial charge on any atom is 0.252 e. The van der Waals surface area contributed by atoms with Crippen LogP contribution >= 0.6 is 0 Å². The van der Waals surface area contributed by atoms with Crippen molar-refractivity contribution in [2.75, 3.05) is 18.9 Å². The molecule has 0 aromatic carbocycles. The maximum atomic E-state index is 11.9. The second-order valence-corrected chi connectivity index (χ2v) is 5.23. The highest BCUT2D eigenvalue weighted by Crippen LogP contribution is 2.28. The third-order valence-corrected chi connectivity index (χ3v) is 3.83. The molecular weight excluding hydrogens is 238 g/mol. The molecule has 1 aromatic heterocycles. The van der Waals surface area contributed by atoms with Crippen LogP contribution in [0.25, 0.3) is 0 Å². The largest absolute Gasteiger partial charge is 0.373 e. The molecule has 1 fully saturated rings. The number of rotatable bonds is 6. The molecule has 0 spiro atoms. The minimum absolute atomic E-state index is 0.0263. The molecule has 2 rings (SSSR count). The van der Waals surface area contributed by atoms with Gasteiger partial charge in [-0.3, -0.25) is 4.79 Å². The Hall–Kier alpha value is -1.58. The molecular formula is C15H23N3O. The quantitative estimate of drug-likeness (QED) is 0.774. The van der Waals surface area contributed by atoms with Gasteiger partial charge >= 0.3 is 0 Å². The van der Waals surface area contributed by atoms with E-state index >= 15 is 0 Å². The molecule has 0 unspecified atom stereocenters. The van der Waals surface area contributed by atoms with Crippen molar-refractivity contribution in [3.63, 3.8) is 0 Å². The zero-order valence-corrected chi connectivity index (χ0v) is 11.6. The van der Waals surface area contributed by atoms with Crippen molar-refractivity contribution in [3.05, 3.63) is 23.9 Å². The molecule has 4 nitrogen and oxygen atoms in total. The summed E-state index contributed by atoms with van der Waals surface area (Å²) in [6.45, 7) is 0.767. The zero-order chi connectivity index (χ0) is 13.5. The van der Waals surface area contributed by atoms with Crippen LogP contribution in [0.15, 0.2) is 18.3 Å². The van der Waals surface area contributed by atoms with Gasteiger partial charge in [0.1, 0.15) is 5.82 Å². The van der Waals surface area contributed by atoms with Gasteiger partial charge in [-0.2, -0.15) is 0 Å². The van der Waals surface area contributed by atoms with E-state index in [-0.39, 0.29) is 5.91 Å². The van der Waals surface area contributed by atoms with Gasteiger partial charge in [0.25, 0.3) is 5.91 Å². The van der Waals surface area contributed by atoms with E-state index in [2.05, 4.69) is 15.6 Å². The molecule has 1 aromatic rings. The molecule has 1 aliphatic rings. The zero-order valence-electron chi connectivity index (χ0n) is 11.6. The Balaban J connectivity index is 1.68. The van der Waals surface area contributed by atoms with E-state index in [4.69, 9.17) is 0 Å². The van der Waals surface area contributed by atoms with Crippen LogP contribution in [0.1, 0.15) is 48.9 Å². The minimum atomic E-state index is -0.0263. The van der Waals surface area contributed by atoms with Crippen molar-refractivity contribution in [3.8, 4) is 0 Å². The molecule has 0 aliphatic heterocycles. The lowest BCUT2D eigenvalue weighted by Crippen LogP contribution is -2.24. The summed E-state index contributed by atoms with van der Waals surface area (Å²) in [5, 5.41) is 5.89. The van der Waals surface area contributed by atoms with Crippen LogP contribution in [-0.2, 0) is 0 Å². The van der Waals surface area contributed by atoms with Crippen molar-refractivity contribution in [2.45, 2.75) is 38.5 Å². The van der Waals surface area contributed by atoms with Crippen LogP contribution < -0.4 is 10.6 Å². The number of amides is 1. The first-order valence-corrected chi connectivity index (χ1v) is 7.21. The lowest BCUT2D eigenvalue weighted by molar-refractivity contribution is 0.0952. The summed E-state index contributed by atoms with van der Waals surface area (Å²) in [7, 11) is 1.81. The number of aromatic nitrogens is 1. The number of hydrogen-bond acceptors (Lipinski definition) is 3. The fourth-order valence-electron chi connectivity index (χ4n) is 2.67. The molecule has 1 saturated carbocycles. The van der Waals surface area contributed by atoms with Gasteiger partial charge in [0.05, 0.1) is 5.56 Å². The van der Waals surface area contributed by atoms with Crippen LogP contribution in [0.5, 0.6) is 0 Å². The molecule has 1 aliphatic carbocycles. The Labute approximate surface area is 115 Å². The van der Waals surface area contributed by atoms with Gasteiger partial charge in [-0.1, -0.05) is 25.7 Å². The predicted molar refractivity (Wildman–Crippen MR) is 77.3 cm³/mol. The Morgan fingerprint density at radius 3 is 2.79 bits per heavy atom. The van der Waals surface area contributed by atoms with Gasteiger partial charge in [0.15, 0.2) is 0 Å². The Kier molecular flexibility index (Phi) is 5.19. The number of nitrogens with one attached hydrogen (secondary N) is 2. The summed E-state index contributed by atoms with van der Waals surface area (Å²) < 4.78 is 0. The molecule has 0 saturated heterocycles. The molecule has 1 heterocycles. The number of hydrogen-bond donors (Lipinski definition) is 2. The normalized spacial score (nSPS) is 15.4. The minimum Gasteiger partial charge on any atom is -0.373 e. The SMILES string of the molecule is CNc1ccc(C(=O)NCCCC2CCCC2)cn1. The monoisotopic (exact) mass is 261 g/mol. The van der Waals surface area contributed by atoms with Crippen LogP contribution in [-0.4, -0.2) is 24.5 Å². The molecule has 104 valence electrons. The molecule has 2 N–H and O–H groups in total. The van der Waals surface area contributed by atoms with Gasteiger partial charge in [0.2, 0.25) is 0 Å². The first-order chi connectivity index (χ1) is 9.29. The first kappa shape index (κ1) is 13.8. The highest BCUT2D eigenvalue weighted by Gasteiger charge is 2.14. The lowest BCUT2D eigenvalue weighted by atomic mass is 10.0. The van der Waals surface area contributed by atoms with Gasteiger partial charge in [-0.25, -0.2) is 4.98 Å². The lowest BCUT2D eigenvalue weighted by Gasteiger charge is -2.09. The average Bonchev–Trinajstić information content (AvgIpc) is 2.96. The fraction of sp³-hybridized carbons (Fsp3) is 0.600. The first-order valence-electron chi connectivity index (χ1n) is 7.21. The summed E-state index contributed by atoms with van der Waals surface area (Å²) in [6.07, 6.45) is 9.47. The van der Waals surface area contributed by atoms with E-state index < -0.39 is 0 Å². The smallest absolute Gasteiger partial charge is 0.252 e. The van der Waals surface area contributed by atoms with E-state index in [1.165, 1.54) is 32.1 Å². The highest BCUT2D eigenvalue weighted by atomic mass is 16.1. The van der Waals surface area contributed by atoms with E-state index in [9.17, 15) is 4.79 Å². The molecule has 19 heavy (non-hydrogen) atoms. The second-order valence-electron chi connectivity index (χ2n) is 5.23. The van der Waals surface area contributed by atoms with Crippen LogP contribution in [0.2, 0.25) is 0 Å². The third-order valence-electron chi connectivity index (χ3n) is 3.83. The summed E-state index contributed by atoms with van der Waals surface area (Å²) in [6, 6.07) is 3.61. The fourth-order valence-corrected chi connectivity index (χ4v) is 2.67. The highest BCUT2D eigenvalue weighted by molar-refractivity contribution is 5.93. The topological polar surface area (TPSA) is 54.0 Å². The Morgan fingerprint density at radius 2 is 2.16 bits per heavy atom. The summed E-state index contributed by atoms with van der Waals surface area (Å²) in [5.41, 5.74) is 0.625. The summed E-state index contributed by atoms with van der Waals surface area (Å²) >= 11 is 0. The van der Waals surface area contributed by atoms with Crippen molar-refractivity contribution < 1.29 is 4.79 Å². The molecule has 0 atom stereocenters. The molecule has 1 amide bonds. The molecule has 0 radical (unpaired) electrons. The summed E-state index contributed by atoms with van der Waals surface area (Å²) in [5.74, 6) is 1.65. The van der Waals surface area contributed by atoms with Crippen molar-refractivity contribution in [2.24, 2.45) is 5.92 Å². The summed E-state index contributed by atoms with van der Waals surface area (Å²) in [4.78, 5) is 16.0. The van der Waals surface area contributed by atoms with Crippen molar-refractivity contribution >= 4 is 11.7 Å². The third kappa shape index (κ3) is 4.23. The van der Waals surface area contributed by atoms with E-state index in [1.807, 2.05) is 13.1 Å². The van der Waals surface area contributed by atoms with E-state index in [1.54, 1.807) is 12.3 Å². The van der Waals surface area contributed by atoms with Crippen LogP contribution in [0.4, 0.5) is 5.82 Å².